The van der Waals surface area contributed by atoms with Gasteiger partial charge in [0.15, 0.2) is 0 Å². The van der Waals surface area contributed by atoms with Gasteiger partial charge in [-0.25, -0.2) is 0 Å². The lowest BCUT2D eigenvalue weighted by Gasteiger charge is -2.34. The number of hydrogen-bond donors (Lipinski definition) is 2. The van der Waals surface area contributed by atoms with Gasteiger partial charge in [0, 0.05) is 0 Å². The number of rotatable bonds is 1. The van der Waals surface area contributed by atoms with E-state index >= 15 is 0 Å². The van der Waals surface area contributed by atoms with E-state index in [1.807, 2.05) is 0 Å². The van der Waals surface area contributed by atoms with Gasteiger partial charge in [0.25, 0.3) is 0 Å². The van der Waals surface area contributed by atoms with E-state index in [1.165, 1.54) is 6.07 Å². The molecular formula is C11H11Cl2N3O2. The first-order valence-corrected chi connectivity index (χ1v) is 6.00. The van der Waals surface area contributed by atoms with Crippen molar-refractivity contribution in [3.05, 3.63) is 22.2 Å². The first-order valence-electron chi connectivity index (χ1n) is 5.25. The molecule has 1 aromatic rings. The topological polar surface area (TPSA) is 75.4 Å². The molecule has 1 atom stereocenters. The van der Waals surface area contributed by atoms with Gasteiger partial charge in [-0.3, -0.25) is 14.9 Å². The number of amides is 2. The number of piperazine rings is 1. The van der Waals surface area contributed by atoms with Crippen LogP contribution in [0.5, 0.6) is 0 Å². The fourth-order valence-corrected chi connectivity index (χ4v) is 2.14. The summed E-state index contributed by atoms with van der Waals surface area (Å²) in [4.78, 5) is 24.6. The van der Waals surface area contributed by atoms with Crippen LogP contribution in [0.2, 0.25) is 10.0 Å². The molecule has 18 heavy (non-hydrogen) atoms. The van der Waals surface area contributed by atoms with Crippen LogP contribution in [0.1, 0.15) is 6.92 Å². The molecule has 1 heterocycles. The lowest BCUT2D eigenvalue weighted by atomic mass is 10.1. The van der Waals surface area contributed by atoms with Gasteiger partial charge in [-0.05, 0) is 19.1 Å². The minimum atomic E-state index is -0.498. The van der Waals surface area contributed by atoms with Crippen LogP contribution in [0.4, 0.5) is 11.4 Å². The van der Waals surface area contributed by atoms with Crippen molar-refractivity contribution >= 4 is 46.4 Å². The van der Waals surface area contributed by atoms with Crippen LogP contribution >= 0.6 is 23.2 Å². The molecule has 3 N–H and O–H groups in total. The molecule has 1 unspecified atom stereocenters. The van der Waals surface area contributed by atoms with Gasteiger partial charge in [0.2, 0.25) is 11.8 Å². The summed E-state index contributed by atoms with van der Waals surface area (Å²) in [6.07, 6.45) is 0. The number of halogens is 2. The molecule has 1 aromatic carbocycles. The minimum Gasteiger partial charge on any atom is -0.397 e. The van der Waals surface area contributed by atoms with Gasteiger partial charge in [0.1, 0.15) is 6.04 Å². The fraction of sp³-hybridized carbons (Fsp3) is 0.273. The number of nitrogens with two attached hydrogens (primary N) is 1. The second kappa shape index (κ2) is 4.66. The SMILES string of the molecule is CC1C(=O)NC(=O)CN1c1cc(Cl)c(Cl)cc1N. The number of benzene rings is 1. The van der Waals surface area contributed by atoms with E-state index in [9.17, 15) is 9.59 Å². The zero-order valence-corrected chi connectivity index (χ0v) is 11.0. The number of carbonyl (C=O) groups is 2. The molecule has 1 saturated heterocycles. The maximum absolute atomic E-state index is 11.6. The van der Waals surface area contributed by atoms with Gasteiger partial charge >= 0.3 is 0 Å². The highest BCUT2D eigenvalue weighted by Gasteiger charge is 2.31. The van der Waals surface area contributed by atoms with Crippen molar-refractivity contribution in [2.45, 2.75) is 13.0 Å². The van der Waals surface area contributed by atoms with Crippen LogP contribution in [0, 0.1) is 0 Å². The van der Waals surface area contributed by atoms with Gasteiger partial charge in [-0.1, -0.05) is 23.2 Å². The van der Waals surface area contributed by atoms with Gasteiger partial charge in [0.05, 0.1) is 28.0 Å². The lowest BCUT2D eigenvalue weighted by Crippen LogP contribution is -2.57. The molecule has 7 heteroatoms. The second-order valence-electron chi connectivity index (χ2n) is 4.04. The predicted octanol–water partition coefficient (Wildman–Crippen LogP) is 1.43. The van der Waals surface area contributed by atoms with Crippen LogP contribution < -0.4 is 16.0 Å². The molecule has 0 radical (unpaired) electrons. The van der Waals surface area contributed by atoms with Crippen molar-refractivity contribution in [2.75, 3.05) is 17.2 Å². The fourth-order valence-electron chi connectivity index (χ4n) is 1.81. The molecule has 0 aromatic heterocycles. The third-order valence-electron chi connectivity index (χ3n) is 2.80. The molecule has 2 rings (SSSR count). The summed E-state index contributed by atoms with van der Waals surface area (Å²) in [6, 6.07) is 2.56. The number of carbonyl (C=O) groups excluding carboxylic acids is 2. The van der Waals surface area contributed by atoms with Crippen LogP contribution in [0.15, 0.2) is 12.1 Å². The molecule has 2 amide bonds. The van der Waals surface area contributed by atoms with Crippen molar-refractivity contribution in [3.8, 4) is 0 Å². The first kappa shape index (κ1) is 13.0. The third kappa shape index (κ3) is 2.23. The Kier molecular flexibility index (Phi) is 3.36. The van der Waals surface area contributed by atoms with Gasteiger partial charge < -0.3 is 10.6 Å². The summed E-state index contributed by atoms with van der Waals surface area (Å²) < 4.78 is 0. The summed E-state index contributed by atoms with van der Waals surface area (Å²) >= 11 is 11.8. The molecular weight excluding hydrogens is 277 g/mol. The Hall–Kier alpha value is -1.46. The van der Waals surface area contributed by atoms with Crippen LogP contribution in [0.25, 0.3) is 0 Å². The number of nitrogens with zero attached hydrogens (tertiary/aromatic N) is 1. The van der Waals surface area contributed by atoms with Gasteiger partial charge in [-0.2, -0.15) is 0 Å². The van der Waals surface area contributed by atoms with Crippen LogP contribution in [-0.4, -0.2) is 24.4 Å². The Balaban J connectivity index is 2.44. The molecule has 0 aliphatic carbocycles. The van der Waals surface area contributed by atoms with Crippen molar-refractivity contribution < 1.29 is 9.59 Å². The smallest absolute Gasteiger partial charge is 0.249 e. The van der Waals surface area contributed by atoms with Crippen molar-refractivity contribution in [3.63, 3.8) is 0 Å². The number of imide groups is 1. The molecule has 0 spiro atoms. The highest BCUT2D eigenvalue weighted by molar-refractivity contribution is 6.42. The number of nitrogen functional groups attached to an aromatic ring is 1. The predicted molar refractivity (Wildman–Crippen MR) is 70.8 cm³/mol. The number of hydrogen-bond acceptors (Lipinski definition) is 4. The quantitative estimate of drug-likeness (QED) is 0.605. The number of nitrogens with one attached hydrogen (secondary N) is 1. The summed E-state index contributed by atoms with van der Waals surface area (Å²) in [5.74, 6) is -0.736. The molecule has 0 bridgehead atoms. The Morgan fingerprint density at radius 1 is 1.33 bits per heavy atom. The molecule has 1 aliphatic rings. The van der Waals surface area contributed by atoms with E-state index in [0.717, 1.165) is 0 Å². The van der Waals surface area contributed by atoms with E-state index in [4.69, 9.17) is 28.9 Å². The largest absolute Gasteiger partial charge is 0.397 e. The van der Waals surface area contributed by atoms with E-state index in [1.54, 1.807) is 17.9 Å². The Morgan fingerprint density at radius 3 is 2.61 bits per heavy atom. The second-order valence-corrected chi connectivity index (χ2v) is 4.86. The molecule has 5 nitrogen and oxygen atoms in total. The summed E-state index contributed by atoms with van der Waals surface area (Å²) in [6.45, 7) is 1.73. The summed E-state index contributed by atoms with van der Waals surface area (Å²) in [5, 5.41) is 2.91. The highest BCUT2D eigenvalue weighted by atomic mass is 35.5. The molecule has 96 valence electrons. The molecule has 0 saturated carbocycles. The summed E-state index contributed by atoms with van der Waals surface area (Å²) in [5.41, 5.74) is 6.75. The summed E-state index contributed by atoms with van der Waals surface area (Å²) in [7, 11) is 0. The monoisotopic (exact) mass is 287 g/mol. The first-order chi connectivity index (χ1) is 8.40. The molecule has 1 aliphatic heterocycles. The molecule has 1 fully saturated rings. The maximum Gasteiger partial charge on any atom is 0.249 e. The van der Waals surface area contributed by atoms with Gasteiger partial charge in [-0.15, -0.1) is 0 Å². The van der Waals surface area contributed by atoms with Crippen molar-refractivity contribution in [2.24, 2.45) is 0 Å². The van der Waals surface area contributed by atoms with Crippen molar-refractivity contribution in [1.29, 1.82) is 0 Å². The third-order valence-corrected chi connectivity index (χ3v) is 3.52. The van der Waals surface area contributed by atoms with E-state index < -0.39 is 6.04 Å². The standard InChI is InChI=1S/C11H11Cl2N3O2/c1-5-11(18)15-10(17)4-16(5)9-3-7(13)6(12)2-8(9)14/h2-3,5H,4,14H2,1H3,(H,15,17,18). The maximum atomic E-state index is 11.6. The van der Waals surface area contributed by atoms with E-state index in [-0.39, 0.29) is 18.4 Å². The highest BCUT2D eigenvalue weighted by Crippen LogP contribution is 2.34. The zero-order valence-electron chi connectivity index (χ0n) is 9.54. The van der Waals surface area contributed by atoms with E-state index in [0.29, 0.717) is 21.4 Å². The number of anilines is 2. The average molecular weight is 288 g/mol. The van der Waals surface area contributed by atoms with E-state index in [2.05, 4.69) is 5.32 Å². The minimum absolute atomic E-state index is 0.0507. The van der Waals surface area contributed by atoms with Crippen LogP contribution in [0.3, 0.4) is 0 Å². The van der Waals surface area contributed by atoms with Crippen LogP contribution in [-0.2, 0) is 9.59 Å². The van der Waals surface area contributed by atoms with Crippen molar-refractivity contribution in [1.82, 2.24) is 5.32 Å². The zero-order chi connectivity index (χ0) is 13.4. The Bertz CT molecular complexity index is 533. The lowest BCUT2D eigenvalue weighted by molar-refractivity contribution is -0.132. The Labute approximate surface area is 114 Å². The normalized spacial score (nSPS) is 19.9. The average Bonchev–Trinajstić information content (AvgIpc) is 2.29. The Morgan fingerprint density at radius 2 is 1.94 bits per heavy atom.